The molecule has 2 heterocycles. The zero-order chi connectivity index (χ0) is 12.1. The maximum atomic E-state index is 9.60. The van der Waals surface area contributed by atoms with Gasteiger partial charge in [-0.2, -0.15) is 0 Å². The van der Waals surface area contributed by atoms with Crippen LogP contribution in [-0.4, -0.2) is 10.1 Å². The number of aromatic hydroxyl groups is 1. The van der Waals surface area contributed by atoms with Crippen molar-refractivity contribution in [3.63, 3.8) is 0 Å². The lowest BCUT2D eigenvalue weighted by Gasteiger charge is -1.94. The average Bonchev–Trinajstić information content (AvgIpc) is 2.77. The summed E-state index contributed by atoms with van der Waals surface area (Å²) in [5, 5.41) is 12.9. The van der Waals surface area contributed by atoms with E-state index in [9.17, 15) is 5.11 Å². The number of fused-ring (bicyclic) bond motifs is 5. The Morgan fingerprint density at radius 3 is 2.79 bits per heavy atom. The third-order valence-corrected chi connectivity index (χ3v) is 3.39. The number of aromatic nitrogens is 2. The van der Waals surface area contributed by atoms with Gasteiger partial charge in [0, 0.05) is 27.7 Å². The van der Waals surface area contributed by atoms with Gasteiger partial charge in [0.05, 0.1) is 0 Å². The van der Waals surface area contributed by atoms with E-state index in [2.05, 4.69) is 28.2 Å². The summed E-state index contributed by atoms with van der Waals surface area (Å²) in [7, 11) is 0. The molecular weight excluding hydrogens is 260 g/mol. The number of phenolic OH excluding ortho intramolecular Hbond substituents is 1. The minimum atomic E-state index is 0. The first-order chi connectivity index (χ1) is 8.83. The SMILES string of the molecule is Oc1ccc2[nH]c3c(ccc4ccc[nH+]c43)c2c1.[Cl-]. The van der Waals surface area contributed by atoms with Crippen LogP contribution in [0.4, 0.5) is 0 Å². The van der Waals surface area contributed by atoms with Crippen molar-refractivity contribution in [1.82, 2.24) is 4.98 Å². The lowest BCUT2D eigenvalue weighted by Crippen LogP contribution is -3.00. The molecule has 94 valence electrons. The Kier molecular flexibility index (Phi) is 2.57. The Labute approximate surface area is 115 Å². The molecule has 0 aliphatic rings. The van der Waals surface area contributed by atoms with Crippen LogP contribution >= 0.6 is 0 Å². The number of halogens is 1. The molecule has 0 saturated heterocycles. The summed E-state index contributed by atoms with van der Waals surface area (Å²) in [6.45, 7) is 0. The Hall–Kier alpha value is -2.26. The molecule has 0 aliphatic heterocycles. The second-order valence-electron chi connectivity index (χ2n) is 4.48. The van der Waals surface area contributed by atoms with E-state index in [0.29, 0.717) is 5.75 Å². The summed E-state index contributed by atoms with van der Waals surface area (Å²) >= 11 is 0. The molecule has 19 heavy (non-hydrogen) atoms. The van der Waals surface area contributed by atoms with E-state index < -0.39 is 0 Å². The standard InChI is InChI=1S/C15H10N2O.ClH/c18-10-4-6-13-12(8-10)11-5-3-9-2-1-7-16-14(9)15(11)17-13;/h1-8,17-18H;1H. The van der Waals surface area contributed by atoms with Crippen LogP contribution in [0.3, 0.4) is 0 Å². The molecule has 3 N–H and O–H groups in total. The van der Waals surface area contributed by atoms with Crippen LogP contribution in [0.1, 0.15) is 0 Å². The third kappa shape index (κ3) is 1.63. The van der Waals surface area contributed by atoms with Crippen molar-refractivity contribution in [3.8, 4) is 5.75 Å². The van der Waals surface area contributed by atoms with Crippen molar-refractivity contribution in [2.24, 2.45) is 0 Å². The van der Waals surface area contributed by atoms with Gasteiger partial charge in [-0.25, -0.2) is 4.98 Å². The predicted octanol–water partition coefficient (Wildman–Crippen LogP) is -0.00200. The van der Waals surface area contributed by atoms with Crippen LogP contribution < -0.4 is 17.4 Å². The fourth-order valence-electron chi connectivity index (χ4n) is 2.55. The molecule has 0 fully saturated rings. The van der Waals surface area contributed by atoms with Gasteiger partial charge < -0.3 is 22.5 Å². The maximum Gasteiger partial charge on any atom is 0.235 e. The van der Waals surface area contributed by atoms with Gasteiger partial charge in [0.25, 0.3) is 0 Å². The molecule has 0 aliphatic carbocycles. The molecule has 2 aromatic carbocycles. The van der Waals surface area contributed by atoms with Crippen molar-refractivity contribution in [2.75, 3.05) is 0 Å². The number of hydrogen-bond donors (Lipinski definition) is 2. The van der Waals surface area contributed by atoms with E-state index in [-0.39, 0.29) is 12.4 Å². The Bertz CT molecular complexity index is 898. The quantitative estimate of drug-likeness (QED) is 0.464. The second-order valence-corrected chi connectivity index (χ2v) is 4.48. The molecule has 4 rings (SSSR count). The number of phenols is 1. The van der Waals surface area contributed by atoms with Crippen LogP contribution in [0, 0.1) is 0 Å². The zero-order valence-corrected chi connectivity index (χ0v) is 10.7. The first-order valence-electron chi connectivity index (χ1n) is 5.87. The summed E-state index contributed by atoms with van der Waals surface area (Å²) in [6.07, 6.45) is 1.92. The number of rotatable bonds is 0. The van der Waals surface area contributed by atoms with Crippen LogP contribution in [0.2, 0.25) is 0 Å². The molecule has 0 saturated carbocycles. The molecule has 3 nitrogen and oxygen atoms in total. The lowest BCUT2D eigenvalue weighted by molar-refractivity contribution is -0.343. The largest absolute Gasteiger partial charge is 1.00 e. The van der Waals surface area contributed by atoms with Crippen LogP contribution in [0.5, 0.6) is 5.75 Å². The summed E-state index contributed by atoms with van der Waals surface area (Å²) in [5.41, 5.74) is 3.20. The highest BCUT2D eigenvalue weighted by Gasteiger charge is 2.11. The molecule has 0 unspecified atom stereocenters. The molecule has 0 radical (unpaired) electrons. The third-order valence-electron chi connectivity index (χ3n) is 3.39. The highest BCUT2D eigenvalue weighted by molar-refractivity contribution is 6.15. The predicted molar refractivity (Wildman–Crippen MR) is 71.5 cm³/mol. The van der Waals surface area contributed by atoms with Gasteiger partial charge in [0.15, 0.2) is 6.20 Å². The minimum Gasteiger partial charge on any atom is -1.00 e. The Morgan fingerprint density at radius 2 is 1.89 bits per heavy atom. The first-order valence-corrected chi connectivity index (χ1v) is 5.87. The number of nitrogens with one attached hydrogen (secondary N) is 2. The fourth-order valence-corrected chi connectivity index (χ4v) is 2.55. The molecule has 0 bridgehead atoms. The van der Waals surface area contributed by atoms with Gasteiger partial charge >= 0.3 is 0 Å². The molecule has 0 spiro atoms. The number of H-pyrrole nitrogens is 2. The maximum absolute atomic E-state index is 9.60. The van der Waals surface area contributed by atoms with Gasteiger partial charge in [-0.15, -0.1) is 0 Å². The van der Waals surface area contributed by atoms with Gasteiger partial charge in [0.1, 0.15) is 11.3 Å². The minimum absolute atomic E-state index is 0. The number of aromatic amines is 2. The van der Waals surface area contributed by atoms with Crippen molar-refractivity contribution in [1.29, 1.82) is 0 Å². The molecule has 4 heteroatoms. The van der Waals surface area contributed by atoms with Crippen LogP contribution in [0.15, 0.2) is 48.7 Å². The topological polar surface area (TPSA) is 50.2 Å². The summed E-state index contributed by atoms with van der Waals surface area (Å²) < 4.78 is 0. The van der Waals surface area contributed by atoms with Gasteiger partial charge in [-0.05, 0) is 30.3 Å². The van der Waals surface area contributed by atoms with Gasteiger partial charge in [0.2, 0.25) is 5.52 Å². The van der Waals surface area contributed by atoms with Crippen molar-refractivity contribution >= 4 is 32.7 Å². The zero-order valence-electron chi connectivity index (χ0n) is 9.94. The van der Waals surface area contributed by atoms with Gasteiger partial charge in [-0.3, -0.25) is 0 Å². The molecule has 0 amide bonds. The van der Waals surface area contributed by atoms with Crippen LogP contribution in [0.25, 0.3) is 32.7 Å². The van der Waals surface area contributed by atoms with E-state index in [1.807, 2.05) is 18.3 Å². The molecule has 4 aromatic rings. The summed E-state index contributed by atoms with van der Waals surface area (Å²) in [4.78, 5) is 6.68. The van der Waals surface area contributed by atoms with E-state index >= 15 is 0 Å². The molecule has 0 atom stereocenters. The normalized spacial score (nSPS) is 10.9. The average molecular weight is 271 g/mol. The number of benzene rings is 2. The molecule has 2 aromatic heterocycles. The van der Waals surface area contributed by atoms with Gasteiger partial charge in [-0.1, -0.05) is 6.07 Å². The Morgan fingerprint density at radius 1 is 1.00 bits per heavy atom. The van der Waals surface area contributed by atoms with Crippen LogP contribution in [-0.2, 0) is 0 Å². The van der Waals surface area contributed by atoms with Crippen molar-refractivity contribution in [2.45, 2.75) is 0 Å². The van der Waals surface area contributed by atoms with Crippen molar-refractivity contribution < 1.29 is 22.5 Å². The number of hydrogen-bond acceptors (Lipinski definition) is 1. The Balaban J connectivity index is 0.00000110. The highest BCUT2D eigenvalue weighted by atomic mass is 35.5. The first kappa shape index (κ1) is 11.8. The van der Waals surface area contributed by atoms with E-state index in [0.717, 1.165) is 27.3 Å². The fraction of sp³-hybridized carbons (Fsp3) is 0. The molecular formula is C15H11ClN2O. The van der Waals surface area contributed by atoms with Crippen molar-refractivity contribution in [3.05, 3.63) is 48.7 Å². The smallest absolute Gasteiger partial charge is 0.235 e. The summed E-state index contributed by atoms with van der Waals surface area (Å²) in [5.74, 6) is 0.292. The van der Waals surface area contributed by atoms with E-state index in [1.165, 1.54) is 5.39 Å². The number of pyridine rings is 1. The highest BCUT2D eigenvalue weighted by Crippen LogP contribution is 2.30. The van der Waals surface area contributed by atoms with E-state index in [4.69, 9.17) is 0 Å². The monoisotopic (exact) mass is 270 g/mol. The summed E-state index contributed by atoms with van der Waals surface area (Å²) in [6, 6.07) is 13.6. The van der Waals surface area contributed by atoms with E-state index in [1.54, 1.807) is 12.1 Å². The second kappa shape index (κ2) is 4.14. The lowest BCUT2D eigenvalue weighted by atomic mass is 10.1.